The molecule has 7 heteroatoms. The number of carbonyl (C=O) groups excluding carboxylic acids is 2. The number of esters is 1. The second-order valence-electron chi connectivity index (χ2n) is 3.36. The standard InChI is InChI=1S/C11H4Cl3FO3/c12-3-6(16)18-5-2-1-4(15)7-8(5)11(17)10(14)9(7)13/h1-2H,3H2. The van der Waals surface area contributed by atoms with Crippen LogP contribution in [0.5, 0.6) is 5.75 Å². The van der Waals surface area contributed by atoms with Crippen molar-refractivity contribution in [2.45, 2.75) is 0 Å². The third-order valence-electron chi connectivity index (χ3n) is 2.29. The van der Waals surface area contributed by atoms with Crippen molar-refractivity contribution in [1.29, 1.82) is 0 Å². The Morgan fingerprint density at radius 2 is 1.89 bits per heavy atom. The van der Waals surface area contributed by atoms with Crippen LogP contribution in [0.15, 0.2) is 17.2 Å². The second kappa shape index (κ2) is 4.88. The summed E-state index contributed by atoms with van der Waals surface area (Å²) in [6.07, 6.45) is 0. The zero-order chi connectivity index (χ0) is 13.4. The molecule has 1 aromatic rings. The van der Waals surface area contributed by atoms with Crippen LogP contribution >= 0.6 is 34.8 Å². The minimum atomic E-state index is -0.766. The maximum atomic E-state index is 13.6. The van der Waals surface area contributed by atoms with Crippen LogP contribution in [0, 0.1) is 5.82 Å². The molecule has 1 aromatic carbocycles. The molecule has 2 rings (SSSR count). The van der Waals surface area contributed by atoms with Crippen LogP contribution in [0.2, 0.25) is 0 Å². The van der Waals surface area contributed by atoms with E-state index >= 15 is 0 Å². The molecule has 1 aliphatic rings. The van der Waals surface area contributed by atoms with Crippen LogP contribution in [0.25, 0.3) is 5.03 Å². The minimum absolute atomic E-state index is 0.115. The van der Waals surface area contributed by atoms with Crippen molar-refractivity contribution in [1.82, 2.24) is 0 Å². The molecule has 0 N–H and O–H groups in total. The smallest absolute Gasteiger partial charge is 0.326 e. The second-order valence-corrected chi connectivity index (χ2v) is 4.38. The van der Waals surface area contributed by atoms with E-state index in [9.17, 15) is 14.0 Å². The summed E-state index contributed by atoms with van der Waals surface area (Å²) in [5.74, 6) is -2.68. The lowest BCUT2D eigenvalue weighted by molar-refractivity contribution is -0.131. The zero-order valence-corrected chi connectivity index (χ0v) is 10.9. The highest BCUT2D eigenvalue weighted by atomic mass is 35.5. The Hall–Kier alpha value is -1.10. The van der Waals surface area contributed by atoms with Crippen LogP contribution < -0.4 is 4.74 Å². The molecule has 3 nitrogen and oxygen atoms in total. The number of fused-ring (bicyclic) bond motifs is 1. The van der Waals surface area contributed by atoms with Crippen molar-refractivity contribution in [2.24, 2.45) is 0 Å². The predicted molar refractivity (Wildman–Crippen MR) is 65.7 cm³/mol. The Bertz CT molecular complexity index is 595. The van der Waals surface area contributed by atoms with Crippen LogP contribution in [0.1, 0.15) is 15.9 Å². The van der Waals surface area contributed by atoms with Gasteiger partial charge in [0.2, 0.25) is 5.78 Å². The molecular weight excluding hydrogens is 305 g/mol. The number of benzene rings is 1. The molecule has 0 fully saturated rings. The quantitative estimate of drug-likeness (QED) is 0.478. The number of halogens is 4. The summed E-state index contributed by atoms with van der Waals surface area (Å²) >= 11 is 16.7. The molecule has 0 unspecified atom stereocenters. The van der Waals surface area contributed by atoms with Crippen LogP contribution in [-0.4, -0.2) is 17.6 Å². The number of alkyl halides is 1. The highest BCUT2D eigenvalue weighted by Gasteiger charge is 2.34. The summed E-state index contributed by atoms with van der Waals surface area (Å²) in [7, 11) is 0. The molecule has 0 aliphatic heterocycles. The van der Waals surface area contributed by atoms with Gasteiger partial charge in [0.1, 0.15) is 22.5 Å². The summed E-state index contributed by atoms with van der Waals surface area (Å²) in [6, 6.07) is 2.18. The van der Waals surface area contributed by atoms with Gasteiger partial charge in [-0.05, 0) is 12.1 Å². The first-order valence-electron chi connectivity index (χ1n) is 4.66. The summed E-state index contributed by atoms with van der Waals surface area (Å²) in [5, 5.41) is -0.502. The van der Waals surface area contributed by atoms with Gasteiger partial charge in [0.15, 0.2) is 0 Å². The fourth-order valence-electron chi connectivity index (χ4n) is 1.55. The number of hydrogen-bond acceptors (Lipinski definition) is 3. The molecule has 0 saturated heterocycles. The zero-order valence-electron chi connectivity index (χ0n) is 8.60. The van der Waals surface area contributed by atoms with E-state index in [0.29, 0.717) is 0 Å². The third-order valence-corrected chi connectivity index (χ3v) is 3.34. The van der Waals surface area contributed by atoms with Crippen LogP contribution in [-0.2, 0) is 4.79 Å². The fourth-order valence-corrected chi connectivity index (χ4v) is 2.07. The first kappa shape index (κ1) is 13.3. The molecule has 18 heavy (non-hydrogen) atoms. The molecule has 0 bridgehead atoms. The van der Waals surface area contributed by atoms with Crippen molar-refractivity contribution in [3.8, 4) is 5.75 Å². The average Bonchev–Trinajstić information content (AvgIpc) is 2.58. The number of ketones is 1. The van der Waals surface area contributed by atoms with Crippen LogP contribution in [0.4, 0.5) is 4.39 Å². The lowest BCUT2D eigenvalue weighted by atomic mass is 10.1. The van der Waals surface area contributed by atoms with Gasteiger partial charge < -0.3 is 4.74 Å². The van der Waals surface area contributed by atoms with E-state index < -0.39 is 23.4 Å². The largest absolute Gasteiger partial charge is 0.425 e. The van der Waals surface area contributed by atoms with Gasteiger partial charge in [0.25, 0.3) is 0 Å². The monoisotopic (exact) mass is 308 g/mol. The van der Waals surface area contributed by atoms with Gasteiger partial charge in [-0.2, -0.15) is 0 Å². The molecule has 0 radical (unpaired) electrons. The Labute approximate surface area is 116 Å². The van der Waals surface area contributed by atoms with E-state index in [1.165, 1.54) is 0 Å². The molecule has 0 aromatic heterocycles. The van der Waals surface area contributed by atoms with E-state index in [-0.39, 0.29) is 26.9 Å². The van der Waals surface area contributed by atoms with Gasteiger partial charge in [0.05, 0.1) is 10.6 Å². The summed E-state index contributed by atoms with van der Waals surface area (Å²) in [5.41, 5.74) is -0.324. The molecule has 0 heterocycles. The molecular formula is C11H4Cl3FO3. The van der Waals surface area contributed by atoms with Crippen molar-refractivity contribution in [3.05, 3.63) is 34.1 Å². The van der Waals surface area contributed by atoms with E-state index in [4.69, 9.17) is 39.5 Å². The fraction of sp³-hybridized carbons (Fsp3) is 0.0909. The Kier molecular flexibility index (Phi) is 3.61. The summed E-state index contributed by atoms with van der Waals surface area (Å²) in [4.78, 5) is 22.9. The number of allylic oxidation sites excluding steroid dienone is 1. The maximum Gasteiger partial charge on any atom is 0.326 e. The van der Waals surface area contributed by atoms with Gasteiger partial charge in [-0.15, -0.1) is 11.6 Å². The highest BCUT2D eigenvalue weighted by molar-refractivity contribution is 6.64. The lowest BCUT2D eigenvalue weighted by Gasteiger charge is -2.08. The van der Waals surface area contributed by atoms with Crippen molar-refractivity contribution >= 4 is 51.6 Å². The number of rotatable bonds is 2. The maximum absolute atomic E-state index is 13.6. The SMILES string of the molecule is O=C(CCl)Oc1ccc(F)c2c1C(=O)C(Cl)=C2Cl. The normalized spacial score (nSPS) is 13.9. The number of ether oxygens (including phenoxy) is 1. The summed E-state index contributed by atoms with van der Waals surface area (Å²) < 4.78 is 18.4. The van der Waals surface area contributed by atoms with Crippen molar-refractivity contribution in [3.63, 3.8) is 0 Å². The number of carbonyl (C=O) groups is 2. The van der Waals surface area contributed by atoms with Crippen molar-refractivity contribution in [2.75, 3.05) is 5.88 Å². The molecule has 0 spiro atoms. The summed E-state index contributed by atoms with van der Waals surface area (Å²) in [6.45, 7) is 0. The minimum Gasteiger partial charge on any atom is -0.425 e. The van der Waals surface area contributed by atoms with Gasteiger partial charge in [0, 0.05) is 5.56 Å². The number of hydrogen-bond donors (Lipinski definition) is 0. The van der Waals surface area contributed by atoms with E-state index in [0.717, 1.165) is 12.1 Å². The number of Topliss-reactive ketones (excluding diaryl/α,β-unsaturated/α-hetero) is 1. The predicted octanol–water partition coefficient (Wildman–Crippen LogP) is 3.31. The molecule has 1 aliphatic carbocycles. The third kappa shape index (κ3) is 2.00. The Morgan fingerprint density at radius 3 is 2.50 bits per heavy atom. The van der Waals surface area contributed by atoms with E-state index in [1.807, 2.05) is 0 Å². The van der Waals surface area contributed by atoms with E-state index in [1.54, 1.807) is 0 Å². The first-order chi connectivity index (χ1) is 8.47. The van der Waals surface area contributed by atoms with E-state index in [2.05, 4.69) is 0 Å². The van der Waals surface area contributed by atoms with Gasteiger partial charge in [-0.1, -0.05) is 23.2 Å². The van der Waals surface area contributed by atoms with Gasteiger partial charge >= 0.3 is 5.97 Å². The van der Waals surface area contributed by atoms with Gasteiger partial charge in [-0.25, -0.2) is 4.39 Å². The van der Waals surface area contributed by atoms with Crippen molar-refractivity contribution < 1.29 is 18.7 Å². The Balaban J connectivity index is 2.58. The van der Waals surface area contributed by atoms with Gasteiger partial charge in [-0.3, -0.25) is 9.59 Å². The average molecular weight is 310 g/mol. The lowest BCUT2D eigenvalue weighted by Crippen LogP contribution is -2.12. The first-order valence-corrected chi connectivity index (χ1v) is 5.96. The Morgan fingerprint density at radius 1 is 1.22 bits per heavy atom. The molecule has 0 amide bonds. The molecule has 0 atom stereocenters. The molecule has 0 saturated carbocycles. The van der Waals surface area contributed by atoms with Crippen LogP contribution in [0.3, 0.4) is 0 Å². The topological polar surface area (TPSA) is 43.4 Å². The highest BCUT2D eigenvalue weighted by Crippen LogP contribution is 2.43. The molecule has 94 valence electrons.